The highest BCUT2D eigenvalue weighted by Crippen LogP contribution is 2.15. The van der Waals surface area contributed by atoms with Crippen molar-refractivity contribution in [3.05, 3.63) is 24.3 Å². The Morgan fingerprint density at radius 3 is 3.06 bits per heavy atom. The monoisotopic (exact) mass is 219 g/mol. The van der Waals surface area contributed by atoms with E-state index in [0.29, 0.717) is 5.82 Å². The molecule has 84 valence electrons. The highest BCUT2D eigenvalue weighted by molar-refractivity contribution is 5.90. The Morgan fingerprint density at radius 2 is 2.38 bits per heavy atom. The fourth-order valence-corrected chi connectivity index (χ4v) is 1.68. The Morgan fingerprint density at radius 1 is 1.56 bits per heavy atom. The van der Waals surface area contributed by atoms with Crippen LogP contribution in [0, 0.1) is 0 Å². The summed E-state index contributed by atoms with van der Waals surface area (Å²) in [4.78, 5) is 19.8. The molecule has 0 aromatic carbocycles. The van der Waals surface area contributed by atoms with E-state index in [9.17, 15) is 4.79 Å². The number of pyridine rings is 1. The number of carbonyl (C=O) groups excluding carboxylic acids is 1. The number of fused-ring (bicyclic) bond motifs is 1. The van der Waals surface area contributed by atoms with Gasteiger partial charge in [0.1, 0.15) is 5.52 Å². The van der Waals surface area contributed by atoms with Crippen LogP contribution in [0.25, 0.3) is 11.0 Å². The third-order valence-corrected chi connectivity index (χ3v) is 2.37. The van der Waals surface area contributed by atoms with E-state index in [1.807, 2.05) is 17.6 Å². The number of hydrogen-bond donors (Lipinski definition) is 0. The Hall–Kier alpha value is -1.91. The van der Waals surface area contributed by atoms with Crippen LogP contribution in [0.4, 0.5) is 0 Å². The molecule has 0 radical (unpaired) electrons. The van der Waals surface area contributed by atoms with Gasteiger partial charge in [-0.1, -0.05) is 6.92 Å². The third-order valence-electron chi connectivity index (χ3n) is 2.37. The molecule has 0 N–H and O–H groups in total. The van der Waals surface area contributed by atoms with Crippen molar-refractivity contribution in [1.29, 1.82) is 0 Å². The van der Waals surface area contributed by atoms with Crippen LogP contribution in [-0.2, 0) is 11.3 Å². The molecule has 0 aliphatic heterocycles. The summed E-state index contributed by atoms with van der Waals surface area (Å²) in [5.41, 5.74) is 1.63. The molecular weight excluding hydrogens is 206 g/mol. The quantitative estimate of drug-likeness (QED) is 0.736. The van der Waals surface area contributed by atoms with Gasteiger partial charge in [0.2, 0.25) is 5.82 Å². The lowest BCUT2D eigenvalue weighted by molar-refractivity contribution is 0.0582. The molecule has 0 fully saturated rings. The lowest BCUT2D eigenvalue weighted by Gasteiger charge is -2.05. The maximum absolute atomic E-state index is 11.6. The van der Waals surface area contributed by atoms with Gasteiger partial charge in [0.15, 0.2) is 0 Å². The summed E-state index contributed by atoms with van der Waals surface area (Å²) in [6.07, 6.45) is 4.27. The molecule has 0 spiro atoms. The molecule has 5 nitrogen and oxygen atoms in total. The molecule has 0 atom stereocenters. The number of imidazole rings is 1. The van der Waals surface area contributed by atoms with Gasteiger partial charge in [0.05, 0.1) is 18.8 Å². The number of rotatable bonds is 3. The predicted molar refractivity (Wildman–Crippen MR) is 59.2 cm³/mol. The first-order valence-electron chi connectivity index (χ1n) is 5.16. The number of carbonyl (C=O) groups is 1. The van der Waals surface area contributed by atoms with Gasteiger partial charge in [0, 0.05) is 12.7 Å². The average Bonchev–Trinajstić information content (AvgIpc) is 2.68. The molecule has 2 aromatic heterocycles. The molecule has 0 saturated heterocycles. The molecule has 2 heterocycles. The highest BCUT2D eigenvalue weighted by atomic mass is 16.5. The standard InChI is InChI=1S/C11H13N3O2/c1-3-6-14-9-4-5-12-7-8(9)13-10(14)11(15)16-2/h4-5,7H,3,6H2,1-2H3. The summed E-state index contributed by atoms with van der Waals surface area (Å²) < 4.78 is 6.57. The van der Waals surface area contributed by atoms with Crippen molar-refractivity contribution in [2.24, 2.45) is 0 Å². The number of hydrogen-bond acceptors (Lipinski definition) is 4. The van der Waals surface area contributed by atoms with E-state index in [1.54, 1.807) is 12.4 Å². The largest absolute Gasteiger partial charge is 0.463 e. The van der Waals surface area contributed by atoms with Gasteiger partial charge in [-0.05, 0) is 12.5 Å². The van der Waals surface area contributed by atoms with Crippen molar-refractivity contribution in [2.75, 3.05) is 7.11 Å². The maximum atomic E-state index is 11.6. The second-order valence-electron chi connectivity index (χ2n) is 3.44. The van der Waals surface area contributed by atoms with Crippen molar-refractivity contribution in [3.8, 4) is 0 Å². The fraction of sp³-hybridized carbons (Fsp3) is 0.364. The minimum absolute atomic E-state index is 0.340. The van der Waals surface area contributed by atoms with Gasteiger partial charge in [-0.25, -0.2) is 9.78 Å². The summed E-state index contributed by atoms with van der Waals surface area (Å²) in [7, 11) is 1.36. The molecule has 16 heavy (non-hydrogen) atoms. The first kappa shape index (κ1) is 10.6. The molecule has 2 aromatic rings. The van der Waals surface area contributed by atoms with Gasteiger partial charge >= 0.3 is 5.97 Å². The first-order chi connectivity index (χ1) is 7.77. The van der Waals surface area contributed by atoms with Crippen LogP contribution in [-0.4, -0.2) is 27.6 Å². The Bertz CT molecular complexity index is 519. The van der Waals surface area contributed by atoms with E-state index in [4.69, 9.17) is 4.74 Å². The lowest BCUT2D eigenvalue weighted by Crippen LogP contribution is -2.11. The van der Waals surface area contributed by atoms with Gasteiger partial charge in [-0.2, -0.15) is 0 Å². The van der Waals surface area contributed by atoms with Crippen molar-refractivity contribution in [3.63, 3.8) is 0 Å². The topological polar surface area (TPSA) is 57.0 Å². The van der Waals surface area contributed by atoms with Crippen molar-refractivity contribution >= 4 is 17.0 Å². The first-order valence-corrected chi connectivity index (χ1v) is 5.16. The molecule has 5 heteroatoms. The number of ether oxygens (including phenoxy) is 1. The van der Waals surface area contributed by atoms with Crippen LogP contribution in [0.5, 0.6) is 0 Å². The Balaban J connectivity index is 2.62. The van der Waals surface area contributed by atoms with Crippen molar-refractivity contribution in [2.45, 2.75) is 19.9 Å². The van der Waals surface area contributed by atoms with Gasteiger partial charge in [-0.15, -0.1) is 0 Å². The minimum atomic E-state index is -0.412. The van der Waals surface area contributed by atoms with Crippen LogP contribution in [0.15, 0.2) is 18.5 Å². The predicted octanol–water partition coefficient (Wildman–Crippen LogP) is 1.63. The van der Waals surface area contributed by atoms with Crippen LogP contribution in [0.1, 0.15) is 24.0 Å². The third kappa shape index (κ3) is 1.64. The van der Waals surface area contributed by atoms with Crippen molar-refractivity contribution in [1.82, 2.24) is 14.5 Å². The number of aryl methyl sites for hydroxylation is 1. The van der Waals surface area contributed by atoms with E-state index in [1.165, 1.54) is 7.11 Å². The number of nitrogens with zero attached hydrogens (tertiary/aromatic N) is 3. The van der Waals surface area contributed by atoms with Gasteiger partial charge < -0.3 is 9.30 Å². The summed E-state index contributed by atoms with van der Waals surface area (Å²) in [5.74, 6) is -0.0722. The van der Waals surface area contributed by atoms with E-state index in [0.717, 1.165) is 24.0 Å². The second-order valence-corrected chi connectivity index (χ2v) is 3.44. The fourth-order valence-electron chi connectivity index (χ4n) is 1.68. The van der Waals surface area contributed by atoms with Crippen LogP contribution in [0.3, 0.4) is 0 Å². The molecule has 0 aliphatic rings. The van der Waals surface area contributed by atoms with Crippen LogP contribution >= 0.6 is 0 Å². The Labute approximate surface area is 93.1 Å². The zero-order valence-corrected chi connectivity index (χ0v) is 9.30. The minimum Gasteiger partial charge on any atom is -0.463 e. The summed E-state index contributed by atoms with van der Waals surface area (Å²) in [6, 6.07) is 1.85. The molecule has 2 rings (SSSR count). The van der Waals surface area contributed by atoms with E-state index in [2.05, 4.69) is 9.97 Å². The number of aromatic nitrogens is 3. The average molecular weight is 219 g/mol. The van der Waals surface area contributed by atoms with Gasteiger partial charge in [0.25, 0.3) is 0 Å². The lowest BCUT2D eigenvalue weighted by atomic mass is 10.4. The Kier molecular flexibility index (Phi) is 2.85. The van der Waals surface area contributed by atoms with Gasteiger partial charge in [-0.3, -0.25) is 4.98 Å². The molecule has 0 bridgehead atoms. The van der Waals surface area contributed by atoms with Crippen LogP contribution in [0.2, 0.25) is 0 Å². The maximum Gasteiger partial charge on any atom is 0.374 e. The zero-order valence-electron chi connectivity index (χ0n) is 9.30. The summed E-state index contributed by atoms with van der Waals surface area (Å²) in [6.45, 7) is 2.79. The molecule has 0 saturated carbocycles. The van der Waals surface area contributed by atoms with E-state index < -0.39 is 5.97 Å². The summed E-state index contributed by atoms with van der Waals surface area (Å²) in [5, 5.41) is 0. The summed E-state index contributed by atoms with van der Waals surface area (Å²) >= 11 is 0. The normalized spacial score (nSPS) is 10.6. The molecule has 0 unspecified atom stereocenters. The molecule has 0 aliphatic carbocycles. The SMILES string of the molecule is CCCn1c(C(=O)OC)nc2cnccc21. The zero-order chi connectivity index (χ0) is 11.5. The van der Waals surface area contributed by atoms with E-state index in [-0.39, 0.29) is 0 Å². The number of methoxy groups -OCH3 is 1. The smallest absolute Gasteiger partial charge is 0.374 e. The van der Waals surface area contributed by atoms with Crippen molar-refractivity contribution < 1.29 is 9.53 Å². The number of esters is 1. The molecule has 0 amide bonds. The highest BCUT2D eigenvalue weighted by Gasteiger charge is 2.17. The van der Waals surface area contributed by atoms with Crippen LogP contribution < -0.4 is 0 Å². The second kappa shape index (κ2) is 4.30. The van der Waals surface area contributed by atoms with E-state index >= 15 is 0 Å². The molecular formula is C11H13N3O2.